The summed E-state index contributed by atoms with van der Waals surface area (Å²) in [5.74, 6) is 0.186. The molecular formula is C20H23N3O3S. The summed E-state index contributed by atoms with van der Waals surface area (Å²) in [4.78, 5) is 26.1. The molecule has 2 amide bonds. The van der Waals surface area contributed by atoms with Gasteiger partial charge in [0.05, 0.1) is 17.4 Å². The van der Waals surface area contributed by atoms with Crippen LogP contribution in [0.4, 0.5) is 5.69 Å². The van der Waals surface area contributed by atoms with Crippen LogP contribution in [0.15, 0.2) is 48.5 Å². The van der Waals surface area contributed by atoms with Gasteiger partial charge in [0.2, 0.25) is 0 Å². The topological polar surface area (TPSA) is 70.7 Å². The lowest BCUT2D eigenvalue weighted by atomic mass is 10.1. The van der Waals surface area contributed by atoms with Crippen LogP contribution in [-0.4, -0.2) is 42.0 Å². The first-order valence-electron chi connectivity index (χ1n) is 8.47. The highest BCUT2D eigenvalue weighted by Crippen LogP contribution is 2.17. The summed E-state index contributed by atoms with van der Waals surface area (Å²) in [6.07, 6.45) is 0.0615. The Kier molecular flexibility index (Phi) is 6.90. The second-order valence-electron chi connectivity index (χ2n) is 6.34. The standard InChI is InChI=1S/C20H23N3O3S/c1-13(2)26-15-11-9-14(10-12-15)18(24)22-20(27)21-17-8-6-5-7-16(17)19(25)23(3)4/h5-13H,1-4H3,(H2,21,22,24,27). The number of ether oxygens (including phenoxy) is 1. The molecule has 0 saturated heterocycles. The van der Waals surface area contributed by atoms with Gasteiger partial charge in [0.15, 0.2) is 5.11 Å². The smallest absolute Gasteiger partial charge is 0.257 e. The summed E-state index contributed by atoms with van der Waals surface area (Å²) < 4.78 is 5.56. The zero-order valence-electron chi connectivity index (χ0n) is 15.8. The SMILES string of the molecule is CC(C)Oc1ccc(C(=O)NC(=S)Nc2ccccc2C(=O)N(C)C)cc1. The maximum atomic E-state index is 12.4. The summed E-state index contributed by atoms with van der Waals surface area (Å²) in [5.41, 5.74) is 1.45. The van der Waals surface area contributed by atoms with Crippen molar-refractivity contribution < 1.29 is 14.3 Å². The molecule has 7 heteroatoms. The van der Waals surface area contributed by atoms with Gasteiger partial charge in [0.25, 0.3) is 11.8 Å². The minimum Gasteiger partial charge on any atom is -0.491 e. The van der Waals surface area contributed by atoms with Gasteiger partial charge in [-0.15, -0.1) is 0 Å². The van der Waals surface area contributed by atoms with Gasteiger partial charge in [-0.25, -0.2) is 0 Å². The third-order valence-electron chi connectivity index (χ3n) is 3.53. The van der Waals surface area contributed by atoms with Gasteiger partial charge in [-0.05, 0) is 62.5 Å². The zero-order chi connectivity index (χ0) is 20.0. The quantitative estimate of drug-likeness (QED) is 0.773. The third-order valence-corrected chi connectivity index (χ3v) is 3.73. The van der Waals surface area contributed by atoms with E-state index in [4.69, 9.17) is 17.0 Å². The van der Waals surface area contributed by atoms with Crippen LogP contribution >= 0.6 is 12.2 Å². The third kappa shape index (κ3) is 5.79. The Morgan fingerprint density at radius 2 is 1.67 bits per heavy atom. The Balaban J connectivity index is 2.04. The average Bonchev–Trinajstić information content (AvgIpc) is 2.61. The van der Waals surface area contributed by atoms with Crippen LogP contribution in [0.2, 0.25) is 0 Å². The highest BCUT2D eigenvalue weighted by Gasteiger charge is 2.15. The molecule has 0 unspecified atom stereocenters. The van der Waals surface area contributed by atoms with Crippen LogP contribution in [0.3, 0.4) is 0 Å². The molecule has 0 aromatic heterocycles. The van der Waals surface area contributed by atoms with Crippen LogP contribution in [-0.2, 0) is 0 Å². The highest BCUT2D eigenvalue weighted by molar-refractivity contribution is 7.80. The van der Waals surface area contributed by atoms with Crippen LogP contribution < -0.4 is 15.4 Å². The lowest BCUT2D eigenvalue weighted by Crippen LogP contribution is -2.35. The fraction of sp³-hybridized carbons (Fsp3) is 0.250. The Bertz CT molecular complexity index is 833. The molecule has 2 N–H and O–H groups in total. The number of amides is 2. The van der Waals surface area contributed by atoms with E-state index in [9.17, 15) is 9.59 Å². The Hall–Kier alpha value is -2.93. The summed E-state index contributed by atoms with van der Waals surface area (Å²) in [5, 5.41) is 5.64. The first kappa shape index (κ1) is 20.4. The fourth-order valence-electron chi connectivity index (χ4n) is 2.31. The molecule has 0 atom stereocenters. The van der Waals surface area contributed by atoms with E-state index in [1.807, 2.05) is 13.8 Å². The first-order valence-corrected chi connectivity index (χ1v) is 8.88. The predicted molar refractivity (Wildman–Crippen MR) is 110 cm³/mol. The van der Waals surface area contributed by atoms with E-state index in [1.54, 1.807) is 62.6 Å². The van der Waals surface area contributed by atoms with Gasteiger partial charge in [0.1, 0.15) is 5.75 Å². The van der Waals surface area contributed by atoms with E-state index in [1.165, 1.54) is 4.90 Å². The van der Waals surface area contributed by atoms with E-state index in [-0.39, 0.29) is 23.0 Å². The van der Waals surface area contributed by atoms with Crippen molar-refractivity contribution in [2.24, 2.45) is 0 Å². The largest absolute Gasteiger partial charge is 0.491 e. The molecule has 2 aromatic rings. The van der Waals surface area contributed by atoms with Crippen molar-refractivity contribution in [2.45, 2.75) is 20.0 Å². The maximum Gasteiger partial charge on any atom is 0.257 e. The van der Waals surface area contributed by atoms with E-state index < -0.39 is 0 Å². The number of rotatable bonds is 5. The van der Waals surface area contributed by atoms with Gasteiger partial charge >= 0.3 is 0 Å². The molecule has 2 aromatic carbocycles. The summed E-state index contributed by atoms with van der Waals surface area (Å²) >= 11 is 5.21. The molecule has 6 nitrogen and oxygen atoms in total. The number of hydrogen-bond acceptors (Lipinski definition) is 4. The summed E-state index contributed by atoms with van der Waals surface area (Å²) in [6, 6.07) is 13.8. The predicted octanol–water partition coefficient (Wildman–Crippen LogP) is 3.30. The number of carbonyl (C=O) groups excluding carboxylic acids is 2. The molecule has 0 radical (unpaired) electrons. The number of para-hydroxylation sites is 1. The molecule has 2 rings (SSSR count). The minimum atomic E-state index is -0.347. The molecule has 0 fully saturated rings. The molecule has 0 bridgehead atoms. The lowest BCUT2D eigenvalue weighted by molar-refractivity contribution is 0.0828. The minimum absolute atomic E-state index is 0.0615. The summed E-state index contributed by atoms with van der Waals surface area (Å²) in [6.45, 7) is 3.87. The second-order valence-corrected chi connectivity index (χ2v) is 6.75. The number of nitrogens with one attached hydrogen (secondary N) is 2. The fourth-order valence-corrected chi connectivity index (χ4v) is 2.51. The van der Waals surface area contributed by atoms with Crippen molar-refractivity contribution in [2.75, 3.05) is 19.4 Å². The Labute approximate surface area is 164 Å². The molecule has 0 saturated carbocycles. The molecule has 27 heavy (non-hydrogen) atoms. The van der Waals surface area contributed by atoms with Crippen molar-refractivity contribution in [3.63, 3.8) is 0 Å². The van der Waals surface area contributed by atoms with Crippen LogP contribution in [0, 0.1) is 0 Å². The monoisotopic (exact) mass is 385 g/mol. The maximum absolute atomic E-state index is 12.4. The van der Waals surface area contributed by atoms with E-state index in [0.717, 1.165) is 0 Å². The van der Waals surface area contributed by atoms with E-state index in [0.29, 0.717) is 22.6 Å². The molecule has 0 heterocycles. The highest BCUT2D eigenvalue weighted by atomic mass is 32.1. The van der Waals surface area contributed by atoms with Gasteiger partial charge in [-0.3, -0.25) is 14.9 Å². The van der Waals surface area contributed by atoms with Crippen LogP contribution in [0.5, 0.6) is 5.75 Å². The number of thiocarbonyl (C=S) groups is 1. The van der Waals surface area contributed by atoms with Gasteiger partial charge in [-0.2, -0.15) is 0 Å². The number of nitrogens with zero attached hydrogens (tertiary/aromatic N) is 1. The molecule has 0 aliphatic heterocycles. The van der Waals surface area contributed by atoms with E-state index in [2.05, 4.69) is 10.6 Å². The van der Waals surface area contributed by atoms with Gasteiger partial charge in [0, 0.05) is 19.7 Å². The normalized spacial score (nSPS) is 10.3. The molecular weight excluding hydrogens is 362 g/mol. The summed E-state index contributed by atoms with van der Waals surface area (Å²) in [7, 11) is 3.34. The first-order chi connectivity index (χ1) is 12.8. The number of carbonyl (C=O) groups is 2. The van der Waals surface area contributed by atoms with Crippen LogP contribution in [0.1, 0.15) is 34.6 Å². The average molecular weight is 385 g/mol. The van der Waals surface area contributed by atoms with Gasteiger partial charge in [-0.1, -0.05) is 12.1 Å². The number of hydrogen-bond donors (Lipinski definition) is 2. The van der Waals surface area contributed by atoms with E-state index >= 15 is 0 Å². The molecule has 0 aliphatic rings. The molecule has 0 spiro atoms. The Morgan fingerprint density at radius 1 is 1.04 bits per heavy atom. The van der Waals surface area contributed by atoms with Crippen molar-refractivity contribution in [3.05, 3.63) is 59.7 Å². The van der Waals surface area contributed by atoms with Crippen molar-refractivity contribution >= 4 is 34.8 Å². The molecule has 0 aliphatic carbocycles. The van der Waals surface area contributed by atoms with Crippen molar-refractivity contribution in [1.29, 1.82) is 0 Å². The Morgan fingerprint density at radius 3 is 2.26 bits per heavy atom. The van der Waals surface area contributed by atoms with Crippen molar-refractivity contribution in [3.8, 4) is 5.75 Å². The molecule has 142 valence electrons. The zero-order valence-corrected chi connectivity index (χ0v) is 16.6. The van der Waals surface area contributed by atoms with Gasteiger partial charge < -0.3 is 15.0 Å². The second kappa shape index (κ2) is 9.14. The lowest BCUT2D eigenvalue weighted by Gasteiger charge is -2.16. The van der Waals surface area contributed by atoms with Crippen molar-refractivity contribution in [1.82, 2.24) is 10.2 Å². The number of benzene rings is 2. The number of anilines is 1. The van der Waals surface area contributed by atoms with Crippen LogP contribution in [0.25, 0.3) is 0 Å².